The van der Waals surface area contributed by atoms with Crippen LogP contribution in [0.25, 0.3) is 45.0 Å². The molecule has 0 fully saturated rings. The minimum Gasteiger partial charge on any atom is -0.322 e. The number of hydrogen-bond acceptors (Lipinski definition) is 1. The Balaban J connectivity index is 0.875. The summed E-state index contributed by atoms with van der Waals surface area (Å²) >= 11 is 0. The van der Waals surface area contributed by atoms with E-state index in [1.165, 1.54) is 0 Å². The average Bonchev–Trinajstić information content (AvgIpc) is 3.22. The Morgan fingerprint density at radius 1 is 0.333 bits per heavy atom. The fourth-order valence-electron chi connectivity index (χ4n) is 6.07. The van der Waals surface area contributed by atoms with Crippen LogP contribution in [0.15, 0.2) is 207 Å². The number of rotatable bonds is 8. The molecule has 4 heterocycles. The zero-order valence-electron chi connectivity index (χ0n) is 27.8. The Labute approximate surface area is 297 Å². The minimum absolute atomic E-state index is 0.153. The van der Waals surface area contributed by atoms with Crippen LogP contribution in [-0.4, -0.2) is 5.91 Å². The van der Waals surface area contributed by atoms with Crippen LogP contribution in [0.3, 0.4) is 0 Å². The van der Waals surface area contributed by atoms with Crippen molar-refractivity contribution in [2.75, 3.05) is 5.32 Å². The van der Waals surface area contributed by atoms with Gasteiger partial charge in [-0.3, -0.25) is 4.79 Å². The van der Waals surface area contributed by atoms with E-state index in [0.717, 1.165) is 50.7 Å². The molecule has 6 nitrogen and oxygen atoms in total. The summed E-state index contributed by atoms with van der Waals surface area (Å²) in [7, 11) is 0. The van der Waals surface area contributed by atoms with E-state index in [1.54, 1.807) is 0 Å². The normalized spacial score (nSPS) is 10.8. The van der Waals surface area contributed by atoms with Crippen LogP contribution in [0, 0.1) is 0 Å². The summed E-state index contributed by atoms with van der Waals surface area (Å²) in [5.74, 6) is -0.153. The molecule has 4 aromatic heterocycles. The lowest BCUT2D eigenvalue weighted by molar-refractivity contribution is -0.596. The van der Waals surface area contributed by atoms with Crippen LogP contribution < -0.4 is 23.6 Å². The summed E-state index contributed by atoms with van der Waals surface area (Å²) in [5.41, 5.74) is 10.1. The summed E-state index contributed by atoms with van der Waals surface area (Å²) in [4.78, 5) is 13.1. The molecule has 0 unspecified atom stereocenters. The SMILES string of the molecule is O=C(Nc1ccc(-[n+]2ccc(-c3cc[n+](-c4ccccc4)cc3)cc2)cc1)c1ccc(-[n+]2ccc(-c3cc[n+](-c4ccccc4)cc3)cc2)cc1. The van der Waals surface area contributed by atoms with Gasteiger partial charge in [0.1, 0.15) is 0 Å². The standard InChI is InChI=1S/C45H34N5O/c51-45(39-11-15-43(16-12-39)49-31-23-37(24-32-49)35-19-27-47(28-20-35)41-7-3-1-4-8-41)46-40-13-17-44(18-14-40)50-33-25-38(26-34-50)36-21-29-48(30-22-36)42-9-5-2-6-10-42/h1-34H/q+3/p+1. The largest absolute Gasteiger partial charge is 0.322 e. The molecule has 1 N–H and O–H groups in total. The molecule has 1 amide bonds. The zero-order valence-corrected chi connectivity index (χ0v) is 27.8. The van der Waals surface area contributed by atoms with Gasteiger partial charge in [0, 0.05) is 108 Å². The number of anilines is 1. The van der Waals surface area contributed by atoms with Crippen molar-refractivity contribution >= 4 is 11.6 Å². The maximum Gasteiger partial charge on any atom is 0.255 e. The number of carbonyl (C=O) groups excluding carboxylic acids is 1. The topological polar surface area (TPSA) is 44.6 Å². The third kappa shape index (κ3) is 7.07. The van der Waals surface area contributed by atoms with Gasteiger partial charge in [0.2, 0.25) is 22.7 Å². The second-order valence-electron chi connectivity index (χ2n) is 12.2. The first-order valence-electron chi connectivity index (χ1n) is 16.9. The van der Waals surface area contributed by atoms with Gasteiger partial charge in [-0.25, -0.2) is 0 Å². The van der Waals surface area contributed by atoms with E-state index in [-0.39, 0.29) is 5.91 Å². The Morgan fingerprint density at radius 2 is 0.627 bits per heavy atom. The number of nitrogens with zero attached hydrogens (tertiary/aromatic N) is 4. The fraction of sp³-hybridized carbons (Fsp3) is 0. The first-order chi connectivity index (χ1) is 25.2. The summed E-state index contributed by atoms with van der Waals surface area (Å²) < 4.78 is 8.31. The Kier molecular flexibility index (Phi) is 8.70. The lowest BCUT2D eigenvalue weighted by atomic mass is 10.1. The molecule has 8 aromatic rings. The van der Waals surface area contributed by atoms with Crippen LogP contribution in [0.2, 0.25) is 0 Å². The lowest BCUT2D eigenvalue weighted by Gasteiger charge is -2.06. The lowest BCUT2D eigenvalue weighted by Crippen LogP contribution is -2.29. The van der Waals surface area contributed by atoms with Crippen molar-refractivity contribution in [2.24, 2.45) is 0 Å². The number of nitrogens with one attached hydrogen (secondary N) is 1. The highest BCUT2D eigenvalue weighted by atomic mass is 16.1. The molecule has 0 spiro atoms. The number of aromatic nitrogens is 4. The van der Waals surface area contributed by atoms with Crippen LogP contribution in [-0.2, 0) is 0 Å². The maximum atomic E-state index is 13.1. The highest BCUT2D eigenvalue weighted by Gasteiger charge is 2.13. The van der Waals surface area contributed by atoms with Gasteiger partial charge in [-0.2, -0.15) is 18.3 Å². The highest BCUT2D eigenvalue weighted by Crippen LogP contribution is 2.19. The van der Waals surface area contributed by atoms with E-state index in [2.05, 4.69) is 129 Å². The molecule has 8 rings (SSSR count). The Morgan fingerprint density at radius 3 is 0.961 bits per heavy atom. The minimum atomic E-state index is -0.153. The molecule has 0 bridgehead atoms. The summed E-state index contributed by atoms with van der Waals surface area (Å²) in [5, 5.41) is 3.02. The number of para-hydroxylation sites is 2. The number of amides is 1. The van der Waals surface area contributed by atoms with Crippen LogP contribution in [0.5, 0.6) is 0 Å². The Hall–Kier alpha value is -7.05. The van der Waals surface area contributed by atoms with E-state index >= 15 is 0 Å². The monoisotopic (exact) mass is 661 g/mol. The highest BCUT2D eigenvalue weighted by molar-refractivity contribution is 6.04. The smallest absolute Gasteiger partial charge is 0.255 e. The van der Waals surface area contributed by atoms with Gasteiger partial charge in [-0.05, 0) is 46.5 Å². The first-order valence-corrected chi connectivity index (χ1v) is 16.9. The molecule has 4 aromatic carbocycles. The molecule has 0 aliphatic rings. The van der Waals surface area contributed by atoms with E-state index < -0.39 is 0 Å². The summed E-state index contributed by atoms with van der Waals surface area (Å²) in [6.45, 7) is 0. The quantitative estimate of drug-likeness (QED) is 0.170. The summed E-state index contributed by atoms with van der Waals surface area (Å²) in [6, 6.07) is 52.9. The Bertz CT molecular complexity index is 2380. The van der Waals surface area contributed by atoms with E-state index in [9.17, 15) is 4.79 Å². The van der Waals surface area contributed by atoms with Crippen molar-refractivity contribution in [1.29, 1.82) is 0 Å². The van der Waals surface area contributed by atoms with Gasteiger partial charge in [-0.15, -0.1) is 0 Å². The fourth-order valence-corrected chi connectivity index (χ4v) is 6.07. The third-order valence-electron chi connectivity index (χ3n) is 8.94. The van der Waals surface area contributed by atoms with Crippen LogP contribution in [0.1, 0.15) is 10.4 Å². The van der Waals surface area contributed by atoms with Crippen molar-refractivity contribution in [3.05, 3.63) is 213 Å². The molecule has 6 heteroatoms. The van der Waals surface area contributed by atoms with Gasteiger partial charge < -0.3 is 5.32 Å². The molecule has 51 heavy (non-hydrogen) atoms. The number of hydrogen-bond donors (Lipinski definition) is 1. The van der Waals surface area contributed by atoms with Gasteiger partial charge in [0.15, 0.2) is 49.6 Å². The first kappa shape index (κ1) is 31.2. The molecule has 0 radical (unpaired) electrons. The maximum absolute atomic E-state index is 13.1. The molecular formula is C45H35N5O+4. The molecule has 0 aliphatic carbocycles. The van der Waals surface area contributed by atoms with Gasteiger partial charge in [0.05, 0.1) is 0 Å². The molecular weight excluding hydrogens is 627 g/mol. The van der Waals surface area contributed by atoms with Crippen molar-refractivity contribution < 1.29 is 23.1 Å². The van der Waals surface area contributed by atoms with Gasteiger partial charge >= 0.3 is 0 Å². The predicted molar refractivity (Wildman–Crippen MR) is 198 cm³/mol. The van der Waals surface area contributed by atoms with Crippen molar-refractivity contribution in [3.63, 3.8) is 0 Å². The van der Waals surface area contributed by atoms with Crippen molar-refractivity contribution in [3.8, 4) is 45.0 Å². The average molecular weight is 662 g/mol. The van der Waals surface area contributed by atoms with Crippen LogP contribution >= 0.6 is 0 Å². The van der Waals surface area contributed by atoms with Crippen molar-refractivity contribution in [2.45, 2.75) is 0 Å². The molecule has 0 saturated heterocycles. The second-order valence-corrected chi connectivity index (χ2v) is 12.2. The van der Waals surface area contributed by atoms with E-state index in [0.29, 0.717) is 5.56 Å². The molecule has 0 aliphatic heterocycles. The van der Waals surface area contributed by atoms with E-state index in [1.807, 2.05) is 102 Å². The van der Waals surface area contributed by atoms with E-state index in [4.69, 9.17) is 0 Å². The number of benzene rings is 4. The zero-order chi connectivity index (χ0) is 34.4. The van der Waals surface area contributed by atoms with Gasteiger partial charge in [-0.1, -0.05) is 36.4 Å². The van der Waals surface area contributed by atoms with Gasteiger partial charge in [0.25, 0.3) is 5.91 Å². The predicted octanol–water partition coefficient (Wildman–Crippen LogP) is 7.38. The third-order valence-corrected chi connectivity index (χ3v) is 8.94. The molecule has 242 valence electrons. The number of pyridine rings is 4. The van der Waals surface area contributed by atoms with Crippen molar-refractivity contribution in [1.82, 2.24) is 0 Å². The summed E-state index contributed by atoms with van der Waals surface area (Å²) in [6.07, 6.45) is 16.5. The number of carbonyl (C=O) groups is 1. The van der Waals surface area contributed by atoms with Crippen LogP contribution in [0.4, 0.5) is 5.69 Å². The molecule has 0 saturated carbocycles. The molecule has 0 atom stereocenters. The second kappa shape index (κ2) is 14.2.